The Morgan fingerprint density at radius 3 is 2.70 bits per heavy atom. The van der Waals surface area contributed by atoms with Crippen LogP contribution in [0, 0.1) is 24.0 Å². The summed E-state index contributed by atoms with van der Waals surface area (Å²) in [7, 11) is 0. The van der Waals surface area contributed by atoms with Gasteiger partial charge in [0.05, 0.1) is 17.2 Å². The van der Waals surface area contributed by atoms with E-state index in [0.29, 0.717) is 18.0 Å². The summed E-state index contributed by atoms with van der Waals surface area (Å²) in [5.74, 6) is 1.38. The number of benzene rings is 1. The summed E-state index contributed by atoms with van der Waals surface area (Å²) in [6.07, 6.45) is 0. The largest absolute Gasteiger partial charge is 0.444 e. The van der Waals surface area contributed by atoms with Crippen LogP contribution < -0.4 is 5.32 Å². The van der Waals surface area contributed by atoms with Crippen LogP contribution in [-0.2, 0) is 6.54 Å². The second kappa shape index (κ2) is 5.83. The summed E-state index contributed by atoms with van der Waals surface area (Å²) in [4.78, 5) is 14.9. The molecule has 1 N–H and O–H groups in total. The molecule has 1 atom stereocenters. The first-order valence-electron chi connectivity index (χ1n) is 6.38. The van der Waals surface area contributed by atoms with E-state index >= 15 is 0 Å². The fourth-order valence-electron chi connectivity index (χ4n) is 1.99. The molecule has 6 nitrogen and oxygen atoms in total. The number of rotatable bonds is 5. The maximum atomic E-state index is 11.0. The third kappa shape index (κ3) is 3.03. The summed E-state index contributed by atoms with van der Waals surface area (Å²) in [6, 6.07) is 6.55. The highest BCUT2D eigenvalue weighted by molar-refractivity contribution is 5.41. The Bertz CT molecular complexity index is 602. The lowest BCUT2D eigenvalue weighted by Gasteiger charge is -2.12. The van der Waals surface area contributed by atoms with Crippen molar-refractivity contribution in [1.82, 2.24) is 10.3 Å². The topological polar surface area (TPSA) is 81.2 Å². The number of hydrogen-bond donors (Lipinski definition) is 1. The molecule has 1 unspecified atom stereocenters. The Kier molecular flexibility index (Phi) is 4.14. The predicted molar refractivity (Wildman–Crippen MR) is 74.3 cm³/mol. The number of nitro benzene ring substituents is 1. The monoisotopic (exact) mass is 275 g/mol. The minimum atomic E-state index is -0.368. The fraction of sp³-hybridized carbons (Fsp3) is 0.357. The molecule has 0 aliphatic rings. The van der Waals surface area contributed by atoms with Crippen molar-refractivity contribution in [1.29, 1.82) is 0 Å². The van der Waals surface area contributed by atoms with Gasteiger partial charge >= 0.3 is 0 Å². The van der Waals surface area contributed by atoms with Crippen molar-refractivity contribution < 1.29 is 9.34 Å². The summed E-state index contributed by atoms with van der Waals surface area (Å²) in [6.45, 7) is 6.05. The summed E-state index contributed by atoms with van der Waals surface area (Å²) < 4.78 is 5.47. The molecule has 0 fully saturated rings. The van der Waals surface area contributed by atoms with Gasteiger partial charge in [-0.1, -0.05) is 18.2 Å². The molecule has 0 aliphatic carbocycles. The number of hydrogen-bond acceptors (Lipinski definition) is 5. The van der Waals surface area contributed by atoms with Gasteiger partial charge in [-0.2, -0.15) is 0 Å². The third-order valence-electron chi connectivity index (χ3n) is 3.23. The zero-order valence-corrected chi connectivity index (χ0v) is 11.7. The second-order valence-electron chi connectivity index (χ2n) is 4.67. The first-order chi connectivity index (χ1) is 9.49. The minimum absolute atomic E-state index is 0.118. The maximum absolute atomic E-state index is 11.0. The van der Waals surface area contributed by atoms with Crippen molar-refractivity contribution in [3.8, 4) is 0 Å². The van der Waals surface area contributed by atoms with E-state index in [-0.39, 0.29) is 16.7 Å². The van der Waals surface area contributed by atoms with E-state index < -0.39 is 0 Å². The molecule has 1 aromatic heterocycles. The molecule has 1 heterocycles. The zero-order valence-electron chi connectivity index (χ0n) is 11.7. The zero-order chi connectivity index (χ0) is 14.7. The highest BCUT2D eigenvalue weighted by Gasteiger charge is 2.18. The number of para-hydroxylation sites is 1. The van der Waals surface area contributed by atoms with Crippen LogP contribution in [0.3, 0.4) is 0 Å². The van der Waals surface area contributed by atoms with E-state index in [9.17, 15) is 10.1 Å². The Morgan fingerprint density at radius 2 is 2.10 bits per heavy atom. The Morgan fingerprint density at radius 1 is 1.40 bits per heavy atom. The average molecular weight is 275 g/mol. The molecular formula is C14H17N3O3. The molecular weight excluding hydrogens is 258 g/mol. The number of nitro groups is 1. The summed E-state index contributed by atoms with van der Waals surface area (Å²) in [5, 5.41) is 14.2. The van der Waals surface area contributed by atoms with E-state index in [4.69, 9.17) is 4.42 Å². The number of aryl methyl sites for hydroxylation is 2. The first-order valence-corrected chi connectivity index (χ1v) is 6.38. The highest BCUT2D eigenvalue weighted by atomic mass is 16.6. The molecule has 6 heteroatoms. The van der Waals surface area contributed by atoms with Crippen LogP contribution in [0.2, 0.25) is 0 Å². The molecule has 2 rings (SSSR count). The standard InChI is InChI=1S/C14H17N3O3/c1-9-11(3)20-14(16-9)8-15-10(2)12-6-4-5-7-13(12)17(18)19/h4-7,10,15H,8H2,1-3H3. The van der Waals surface area contributed by atoms with Crippen LogP contribution >= 0.6 is 0 Å². The van der Waals surface area contributed by atoms with Gasteiger partial charge in [0.1, 0.15) is 5.76 Å². The van der Waals surface area contributed by atoms with Gasteiger partial charge in [-0.15, -0.1) is 0 Å². The third-order valence-corrected chi connectivity index (χ3v) is 3.23. The average Bonchev–Trinajstić information content (AvgIpc) is 2.75. The Balaban J connectivity index is 2.09. The van der Waals surface area contributed by atoms with Crippen molar-refractivity contribution in [3.05, 3.63) is 57.3 Å². The van der Waals surface area contributed by atoms with E-state index in [2.05, 4.69) is 10.3 Å². The summed E-state index contributed by atoms with van der Waals surface area (Å²) in [5.41, 5.74) is 1.63. The Hall–Kier alpha value is -2.21. The van der Waals surface area contributed by atoms with Gasteiger partial charge in [-0.05, 0) is 20.8 Å². The van der Waals surface area contributed by atoms with Gasteiger partial charge in [0, 0.05) is 17.7 Å². The van der Waals surface area contributed by atoms with Crippen LogP contribution in [0.1, 0.15) is 35.9 Å². The lowest BCUT2D eigenvalue weighted by Crippen LogP contribution is -2.19. The maximum Gasteiger partial charge on any atom is 0.274 e. The quantitative estimate of drug-likeness (QED) is 0.670. The number of nitrogens with zero attached hydrogens (tertiary/aromatic N) is 2. The van der Waals surface area contributed by atoms with E-state index in [0.717, 1.165) is 11.5 Å². The summed E-state index contributed by atoms with van der Waals surface area (Å²) >= 11 is 0. The van der Waals surface area contributed by atoms with Crippen molar-refractivity contribution in [3.63, 3.8) is 0 Å². The lowest BCUT2D eigenvalue weighted by molar-refractivity contribution is -0.385. The molecule has 0 saturated heterocycles. The van der Waals surface area contributed by atoms with Gasteiger partial charge in [-0.3, -0.25) is 10.1 Å². The molecule has 0 spiro atoms. The predicted octanol–water partition coefficient (Wildman–Crippen LogP) is 3.05. The molecule has 106 valence electrons. The van der Waals surface area contributed by atoms with Crippen molar-refractivity contribution in [2.24, 2.45) is 0 Å². The van der Waals surface area contributed by atoms with E-state index in [1.807, 2.05) is 20.8 Å². The minimum Gasteiger partial charge on any atom is -0.444 e. The first kappa shape index (κ1) is 14.2. The fourth-order valence-corrected chi connectivity index (χ4v) is 1.99. The van der Waals surface area contributed by atoms with Crippen LogP contribution in [-0.4, -0.2) is 9.91 Å². The van der Waals surface area contributed by atoms with Gasteiger partial charge in [0.25, 0.3) is 5.69 Å². The molecule has 2 aromatic rings. The highest BCUT2D eigenvalue weighted by Crippen LogP contribution is 2.24. The van der Waals surface area contributed by atoms with Crippen molar-refractivity contribution in [2.45, 2.75) is 33.4 Å². The van der Waals surface area contributed by atoms with Crippen LogP contribution in [0.15, 0.2) is 28.7 Å². The molecule has 0 bridgehead atoms. The van der Waals surface area contributed by atoms with Crippen molar-refractivity contribution in [2.75, 3.05) is 0 Å². The smallest absolute Gasteiger partial charge is 0.274 e. The molecule has 0 aliphatic heterocycles. The van der Waals surface area contributed by atoms with Gasteiger partial charge in [0.2, 0.25) is 5.89 Å². The van der Waals surface area contributed by atoms with Crippen LogP contribution in [0.25, 0.3) is 0 Å². The second-order valence-corrected chi connectivity index (χ2v) is 4.67. The molecule has 0 saturated carbocycles. The van der Waals surface area contributed by atoms with E-state index in [1.165, 1.54) is 6.07 Å². The number of aromatic nitrogens is 1. The molecule has 1 aromatic carbocycles. The van der Waals surface area contributed by atoms with Crippen LogP contribution in [0.5, 0.6) is 0 Å². The van der Waals surface area contributed by atoms with Gasteiger partial charge in [-0.25, -0.2) is 4.98 Å². The van der Waals surface area contributed by atoms with Gasteiger partial charge < -0.3 is 9.73 Å². The number of nitrogens with one attached hydrogen (secondary N) is 1. The van der Waals surface area contributed by atoms with Gasteiger partial charge in [0.15, 0.2) is 0 Å². The molecule has 0 radical (unpaired) electrons. The number of oxazole rings is 1. The molecule has 20 heavy (non-hydrogen) atoms. The van der Waals surface area contributed by atoms with E-state index in [1.54, 1.807) is 18.2 Å². The van der Waals surface area contributed by atoms with Crippen molar-refractivity contribution >= 4 is 5.69 Å². The molecule has 0 amide bonds. The Labute approximate surface area is 117 Å². The SMILES string of the molecule is Cc1nc(CNC(C)c2ccccc2[N+](=O)[O-])oc1C. The lowest BCUT2D eigenvalue weighted by atomic mass is 10.1. The normalized spacial score (nSPS) is 12.3. The van der Waals surface area contributed by atoms with Crippen LogP contribution in [0.4, 0.5) is 5.69 Å².